The van der Waals surface area contributed by atoms with E-state index in [1.807, 2.05) is 60.7 Å². The Morgan fingerprint density at radius 1 is 0.838 bits per heavy atom. The average molecular weight is 593 g/mol. The topological polar surface area (TPSA) is 48.2 Å². The summed E-state index contributed by atoms with van der Waals surface area (Å²) in [6.45, 7) is 0. The molecule has 0 aromatic heterocycles. The summed E-state index contributed by atoms with van der Waals surface area (Å²) in [5.41, 5.74) is 5.95. The first-order chi connectivity index (χ1) is 18.2. The highest BCUT2D eigenvalue weighted by Crippen LogP contribution is 2.38. The highest BCUT2D eigenvalue weighted by Gasteiger charge is 2.31. The third-order valence-electron chi connectivity index (χ3n) is 6.67. The van der Waals surface area contributed by atoms with Crippen LogP contribution in [0.3, 0.4) is 0 Å². The van der Waals surface area contributed by atoms with Gasteiger partial charge in [0.25, 0.3) is 0 Å². The number of fused-ring (bicyclic) bond motifs is 1. The maximum Gasteiger partial charge on any atom is 0.124 e. The molecule has 5 aromatic rings. The molecule has 0 bridgehead atoms. The van der Waals surface area contributed by atoms with E-state index in [1.165, 1.54) is 9.13 Å². The van der Waals surface area contributed by atoms with Crippen molar-refractivity contribution in [1.82, 2.24) is 0 Å². The number of nitrogens with zero attached hydrogens (tertiary/aromatic N) is 3. The summed E-state index contributed by atoms with van der Waals surface area (Å²) in [6.07, 6.45) is 2.55. The number of aliphatic imine (C=N–C) groups is 1. The highest BCUT2D eigenvalue weighted by molar-refractivity contribution is 14.1. The molecule has 0 amide bonds. The molecule has 37 heavy (non-hydrogen) atoms. The maximum absolute atomic E-state index is 10.5. The minimum atomic E-state index is 0.116. The van der Waals surface area contributed by atoms with Crippen LogP contribution in [-0.4, -0.2) is 17.0 Å². The van der Waals surface area contributed by atoms with Crippen molar-refractivity contribution in [3.8, 4) is 5.75 Å². The van der Waals surface area contributed by atoms with E-state index in [4.69, 9.17) is 10.1 Å². The van der Waals surface area contributed by atoms with Gasteiger partial charge in [0, 0.05) is 21.8 Å². The molecule has 1 aliphatic heterocycles. The first kappa shape index (κ1) is 23.4. The summed E-state index contributed by atoms with van der Waals surface area (Å²) in [7, 11) is 0. The molecule has 0 saturated carbocycles. The lowest BCUT2D eigenvalue weighted by Crippen LogP contribution is -2.19. The summed E-state index contributed by atoms with van der Waals surface area (Å²) in [6, 6.07) is 38.8. The fourth-order valence-corrected chi connectivity index (χ4v) is 5.56. The van der Waals surface area contributed by atoms with E-state index in [-0.39, 0.29) is 11.8 Å². The summed E-state index contributed by atoms with van der Waals surface area (Å²) < 4.78 is 1.23. The van der Waals surface area contributed by atoms with Crippen LogP contribution in [0.5, 0.6) is 5.75 Å². The van der Waals surface area contributed by atoms with Gasteiger partial charge in [-0.05, 0) is 80.9 Å². The van der Waals surface area contributed by atoms with Crippen LogP contribution in [0.25, 0.3) is 10.8 Å². The second kappa shape index (κ2) is 10.2. The number of para-hydroxylation sites is 1. The fourth-order valence-electron chi connectivity index (χ4n) is 4.82. The molecule has 0 fully saturated rings. The summed E-state index contributed by atoms with van der Waals surface area (Å²) in [4.78, 5) is 4.73. The summed E-state index contributed by atoms with van der Waals surface area (Å²) in [5, 5.41) is 19.8. The first-order valence-electron chi connectivity index (χ1n) is 12.2. The van der Waals surface area contributed by atoms with Crippen LogP contribution in [0, 0.1) is 3.57 Å². The number of phenols is 1. The average Bonchev–Trinajstić information content (AvgIpc) is 3.39. The smallest absolute Gasteiger partial charge is 0.124 e. The van der Waals surface area contributed by atoms with Gasteiger partial charge in [-0.3, -0.25) is 10.0 Å². The molecular weight excluding hydrogens is 569 g/mol. The Labute approximate surface area is 229 Å². The molecule has 1 aliphatic rings. The highest BCUT2D eigenvalue weighted by atomic mass is 127. The zero-order valence-corrected chi connectivity index (χ0v) is 22.2. The molecular formula is C32H24IN3O. The van der Waals surface area contributed by atoms with Gasteiger partial charge in [-0.2, -0.15) is 5.10 Å². The molecule has 1 unspecified atom stereocenters. The number of hydrogen-bond acceptors (Lipinski definition) is 4. The van der Waals surface area contributed by atoms with Crippen LogP contribution in [0.15, 0.2) is 125 Å². The van der Waals surface area contributed by atoms with E-state index in [0.717, 1.165) is 45.4 Å². The molecule has 1 heterocycles. The lowest BCUT2D eigenvalue weighted by atomic mass is 9.98. The standard InChI is InChI=1S/C32H24IN3O/c33-29-16-7-6-15-27(29)31-20-30(35-36(31)25-12-2-1-3-13-25)23-10-8-11-24(19-23)34-21-28-26-14-5-4-9-22(26)17-18-32(28)37/h1-19,21,31,37H,20H2. The van der Waals surface area contributed by atoms with E-state index in [9.17, 15) is 5.11 Å². The van der Waals surface area contributed by atoms with Gasteiger partial charge in [0.05, 0.1) is 23.1 Å². The third-order valence-corrected chi connectivity index (χ3v) is 7.65. The van der Waals surface area contributed by atoms with Gasteiger partial charge < -0.3 is 5.11 Å². The Hall–Kier alpha value is -3.97. The SMILES string of the molecule is Oc1ccc2ccccc2c1C=Nc1cccc(C2=NN(c3ccccc3)C(c3ccccc3I)C2)c1. The Morgan fingerprint density at radius 2 is 1.62 bits per heavy atom. The molecule has 0 aliphatic carbocycles. The number of halogens is 1. The van der Waals surface area contributed by atoms with E-state index < -0.39 is 0 Å². The molecule has 1 atom stereocenters. The van der Waals surface area contributed by atoms with Crippen LogP contribution >= 0.6 is 22.6 Å². The first-order valence-corrected chi connectivity index (χ1v) is 13.3. The fraction of sp³-hybridized carbons (Fsp3) is 0.0625. The van der Waals surface area contributed by atoms with Gasteiger partial charge in [-0.1, -0.05) is 78.9 Å². The predicted molar refractivity (Wildman–Crippen MR) is 161 cm³/mol. The van der Waals surface area contributed by atoms with E-state index >= 15 is 0 Å². The Balaban J connectivity index is 1.35. The zero-order valence-electron chi connectivity index (χ0n) is 20.0. The maximum atomic E-state index is 10.5. The molecule has 5 aromatic carbocycles. The largest absolute Gasteiger partial charge is 0.507 e. The number of anilines is 1. The number of rotatable bonds is 5. The van der Waals surface area contributed by atoms with Crippen molar-refractivity contribution in [2.75, 3.05) is 5.01 Å². The van der Waals surface area contributed by atoms with E-state index in [1.54, 1.807) is 12.3 Å². The van der Waals surface area contributed by atoms with Crippen LogP contribution in [0.2, 0.25) is 0 Å². The predicted octanol–water partition coefficient (Wildman–Crippen LogP) is 8.26. The Kier molecular flexibility index (Phi) is 6.45. The molecule has 0 saturated heterocycles. The Morgan fingerprint density at radius 3 is 2.49 bits per heavy atom. The molecule has 6 rings (SSSR count). The van der Waals surface area contributed by atoms with Crippen molar-refractivity contribution in [1.29, 1.82) is 0 Å². The van der Waals surface area contributed by atoms with Crippen LogP contribution in [-0.2, 0) is 0 Å². The number of hydrazone groups is 1. The summed E-state index contributed by atoms with van der Waals surface area (Å²) >= 11 is 2.41. The second-order valence-corrected chi connectivity index (χ2v) is 10.2. The minimum Gasteiger partial charge on any atom is -0.507 e. The van der Waals surface area contributed by atoms with Crippen LogP contribution in [0.1, 0.15) is 29.2 Å². The molecule has 1 N–H and O–H groups in total. The molecule has 0 spiro atoms. The monoisotopic (exact) mass is 593 g/mol. The van der Waals surface area contributed by atoms with Crippen LogP contribution in [0.4, 0.5) is 11.4 Å². The second-order valence-electron chi connectivity index (χ2n) is 9.00. The van der Waals surface area contributed by atoms with Crippen molar-refractivity contribution in [2.24, 2.45) is 10.1 Å². The normalized spacial score (nSPS) is 15.4. The molecule has 180 valence electrons. The molecule has 0 radical (unpaired) electrons. The van der Waals surface area contributed by atoms with E-state index in [0.29, 0.717) is 0 Å². The van der Waals surface area contributed by atoms with Crippen molar-refractivity contribution >= 4 is 56.7 Å². The van der Waals surface area contributed by atoms with Crippen LogP contribution < -0.4 is 5.01 Å². The molecule has 5 heteroatoms. The van der Waals surface area contributed by atoms with Crippen molar-refractivity contribution in [2.45, 2.75) is 12.5 Å². The zero-order chi connectivity index (χ0) is 25.2. The number of aromatic hydroxyl groups is 1. The van der Waals surface area contributed by atoms with E-state index in [2.05, 4.69) is 76.1 Å². The van der Waals surface area contributed by atoms with Gasteiger partial charge in [0.2, 0.25) is 0 Å². The third kappa shape index (κ3) is 4.74. The lowest BCUT2D eigenvalue weighted by Gasteiger charge is -2.24. The number of phenolic OH excluding ortho intramolecular Hbond substituents is 1. The number of benzene rings is 5. The van der Waals surface area contributed by atoms with Gasteiger partial charge in [0.1, 0.15) is 5.75 Å². The van der Waals surface area contributed by atoms with Crippen molar-refractivity contribution < 1.29 is 5.11 Å². The lowest BCUT2D eigenvalue weighted by molar-refractivity contribution is 0.475. The van der Waals surface area contributed by atoms with Gasteiger partial charge in [-0.25, -0.2) is 0 Å². The minimum absolute atomic E-state index is 0.116. The van der Waals surface area contributed by atoms with Gasteiger partial charge in [-0.15, -0.1) is 0 Å². The molecule has 4 nitrogen and oxygen atoms in total. The van der Waals surface area contributed by atoms with Gasteiger partial charge >= 0.3 is 0 Å². The number of hydrogen-bond donors (Lipinski definition) is 1. The van der Waals surface area contributed by atoms with Gasteiger partial charge in [0.15, 0.2) is 0 Å². The van der Waals surface area contributed by atoms with Crippen molar-refractivity contribution in [3.63, 3.8) is 0 Å². The Bertz CT molecular complexity index is 1650. The van der Waals surface area contributed by atoms with Crippen molar-refractivity contribution in [3.05, 3.63) is 136 Å². The quantitative estimate of drug-likeness (QED) is 0.165. The summed E-state index contributed by atoms with van der Waals surface area (Å²) in [5.74, 6) is 0.220.